The maximum atomic E-state index is 5.88. The van der Waals surface area contributed by atoms with Crippen LogP contribution in [0, 0.1) is 0 Å². The molecule has 2 aromatic rings. The highest BCUT2D eigenvalue weighted by atomic mass is 16.5. The van der Waals surface area contributed by atoms with Crippen molar-refractivity contribution in [3.63, 3.8) is 0 Å². The fraction of sp³-hybridized carbons (Fsp3) is 0.625. The summed E-state index contributed by atoms with van der Waals surface area (Å²) in [6.07, 6.45) is 2.84. The molecule has 0 saturated carbocycles. The Balaban J connectivity index is 1.62. The van der Waals surface area contributed by atoms with Crippen molar-refractivity contribution in [2.24, 2.45) is 0 Å². The molecule has 1 saturated heterocycles. The second kappa shape index (κ2) is 8.27. The van der Waals surface area contributed by atoms with E-state index in [1.807, 2.05) is 6.20 Å². The number of pyridine rings is 1. The van der Waals surface area contributed by atoms with Crippen LogP contribution in [0.25, 0.3) is 0 Å². The van der Waals surface area contributed by atoms with E-state index in [9.17, 15) is 0 Å². The van der Waals surface area contributed by atoms with Crippen LogP contribution in [0.15, 0.2) is 18.3 Å². The maximum absolute atomic E-state index is 5.88. The van der Waals surface area contributed by atoms with Crippen molar-refractivity contribution >= 4 is 0 Å². The molecule has 0 N–H and O–H groups in total. The van der Waals surface area contributed by atoms with E-state index >= 15 is 0 Å². The molecule has 0 aromatic carbocycles. The van der Waals surface area contributed by atoms with Crippen molar-refractivity contribution in [1.82, 2.24) is 30.1 Å². The van der Waals surface area contributed by atoms with Crippen LogP contribution < -0.4 is 0 Å². The fourth-order valence-corrected chi connectivity index (χ4v) is 2.77. The topological polar surface area (TPSA) is 78.2 Å². The van der Waals surface area contributed by atoms with Gasteiger partial charge in [-0.15, -0.1) is 5.10 Å². The predicted molar refractivity (Wildman–Crippen MR) is 87.3 cm³/mol. The van der Waals surface area contributed by atoms with Crippen molar-refractivity contribution in [3.8, 4) is 0 Å². The molecule has 0 amide bonds. The smallest absolute Gasteiger partial charge is 0.181 e. The highest BCUT2D eigenvalue weighted by molar-refractivity contribution is 5.14. The quantitative estimate of drug-likeness (QED) is 0.744. The molecule has 1 aliphatic heterocycles. The first kappa shape index (κ1) is 16.9. The van der Waals surface area contributed by atoms with E-state index in [1.165, 1.54) is 5.56 Å². The zero-order valence-electron chi connectivity index (χ0n) is 14.3. The molecule has 24 heavy (non-hydrogen) atoms. The van der Waals surface area contributed by atoms with Crippen LogP contribution in [0.3, 0.4) is 0 Å². The first-order chi connectivity index (χ1) is 11.8. The van der Waals surface area contributed by atoms with Gasteiger partial charge in [-0.05, 0) is 28.5 Å². The highest BCUT2D eigenvalue weighted by Crippen LogP contribution is 2.21. The molecule has 0 aliphatic carbocycles. The zero-order chi connectivity index (χ0) is 16.8. The normalized spacial score (nSPS) is 18.8. The molecular weight excluding hydrogens is 308 g/mol. The molecule has 130 valence electrons. The third-order valence-corrected chi connectivity index (χ3v) is 4.19. The summed E-state index contributed by atoms with van der Waals surface area (Å²) in [6.45, 7) is 6.44. The van der Waals surface area contributed by atoms with Gasteiger partial charge in [0, 0.05) is 32.9 Å². The minimum absolute atomic E-state index is 0.125. The van der Waals surface area contributed by atoms with E-state index in [0.717, 1.165) is 37.6 Å². The molecule has 0 spiro atoms. The monoisotopic (exact) mass is 332 g/mol. The summed E-state index contributed by atoms with van der Waals surface area (Å²) in [5, 5.41) is 11.9. The van der Waals surface area contributed by atoms with E-state index < -0.39 is 0 Å². The number of aryl methyl sites for hydroxylation is 1. The molecule has 0 radical (unpaired) electrons. The Kier molecular flexibility index (Phi) is 5.84. The first-order valence-corrected chi connectivity index (χ1v) is 8.33. The maximum Gasteiger partial charge on any atom is 0.181 e. The summed E-state index contributed by atoms with van der Waals surface area (Å²) in [5.41, 5.74) is 2.34. The minimum Gasteiger partial charge on any atom is -0.383 e. The number of hydrogen-bond acceptors (Lipinski definition) is 7. The number of aromatic nitrogens is 5. The molecule has 1 fully saturated rings. The second-order valence-corrected chi connectivity index (χ2v) is 5.86. The van der Waals surface area contributed by atoms with Crippen LogP contribution in [-0.4, -0.2) is 63.5 Å². The predicted octanol–water partition coefficient (Wildman–Crippen LogP) is 0.850. The number of morpholine rings is 1. The molecule has 1 atom stereocenters. The lowest BCUT2D eigenvalue weighted by molar-refractivity contribution is -0.0400. The molecule has 3 rings (SSSR count). The summed E-state index contributed by atoms with van der Waals surface area (Å²) in [7, 11) is 1.67. The van der Waals surface area contributed by atoms with Crippen molar-refractivity contribution < 1.29 is 9.47 Å². The Labute approximate surface area is 141 Å². The summed E-state index contributed by atoms with van der Waals surface area (Å²) in [5.74, 6) is 0.756. The van der Waals surface area contributed by atoms with E-state index in [1.54, 1.807) is 11.8 Å². The summed E-state index contributed by atoms with van der Waals surface area (Å²) in [4.78, 5) is 6.88. The number of rotatable bonds is 7. The van der Waals surface area contributed by atoms with E-state index in [-0.39, 0.29) is 6.10 Å². The largest absolute Gasteiger partial charge is 0.383 e. The van der Waals surface area contributed by atoms with Gasteiger partial charge in [0.2, 0.25) is 0 Å². The third-order valence-electron chi connectivity index (χ3n) is 4.19. The molecule has 2 aromatic heterocycles. The van der Waals surface area contributed by atoms with Gasteiger partial charge >= 0.3 is 0 Å². The molecule has 8 heteroatoms. The van der Waals surface area contributed by atoms with Crippen molar-refractivity contribution in [3.05, 3.63) is 35.4 Å². The lowest BCUT2D eigenvalue weighted by Gasteiger charge is -2.31. The Bertz CT molecular complexity index is 630. The average Bonchev–Trinajstić information content (AvgIpc) is 3.09. The Morgan fingerprint density at radius 1 is 1.38 bits per heavy atom. The van der Waals surface area contributed by atoms with Gasteiger partial charge in [0.25, 0.3) is 0 Å². The first-order valence-electron chi connectivity index (χ1n) is 8.33. The molecule has 0 bridgehead atoms. The van der Waals surface area contributed by atoms with Crippen molar-refractivity contribution in [2.45, 2.75) is 32.5 Å². The van der Waals surface area contributed by atoms with E-state index in [2.05, 4.69) is 44.5 Å². The molecule has 3 heterocycles. The number of methoxy groups -OCH3 is 1. The van der Waals surface area contributed by atoms with Crippen LogP contribution in [0.2, 0.25) is 0 Å². The lowest BCUT2D eigenvalue weighted by atomic mass is 10.2. The number of tetrazole rings is 1. The van der Waals surface area contributed by atoms with Gasteiger partial charge < -0.3 is 9.47 Å². The van der Waals surface area contributed by atoms with Gasteiger partial charge in [0.1, 0.15) is 6.10 Å². The SMILES string of the molecule is CCc1ccc(CN2CCOC(c3nnnn3CCOC)C2)nc1. The Hall–Kier alpha value is -1.90. The van der Waals surface area contributed by atoms with Crippen LogP contribution in [0.5, 0.6) is 0 Å². The summed E-state index contributed by atoms with van der Waals surface area (Å²) < 4.78 is 12.7. The molecular formula is C16H24N6O2. The molecule has 8 nitrogen and oxygen atoms in total. The standard InChI is InChI=1S/C16H24N6O2/c1-3-13-4-5-14(17-10-13)11-21-6-9-24-15(12-21)16-18-19-20-22(16)7-8-23-2/h4-5,10,15H,3,6-9,11-12H2,1-2H3. The average molecular weight is 332 g/mol. The van der Waals surface area contributed by atoms with Gasteiger partial charge in [-0.1, -0.05) is 13.0 Å². The van der Waals surface area contributed by atoms with Crippen LogP contribution in [0.1, 0.15) is 30.1 Å². The Morgan fingerprint density at radius 2 is 2.29 bits per heavy atom. The van der Waals surface area contributed by atoms with Crippen molar-refractivity contribution in [1.29, 1.82) is 0 Å². The number of ether oxygens (including phenoxy) is 2. The summed E-state index contributed by atoms with van der Waals surface area (Å²) in [6, 6.07) is 4.25. The van der Waals surface area contributed by atoms with Gasteiger partial charge in [0.05, 0.1) is 25.5 Å². The zero-order valence-corrected chi connectivity index (χ0v) is 14.3. The molecule has 1 unspecified atom stereocenters. The number of hydrogen-bond donors (Lipinski definition) is 0. The van der Waals surface area contributed by atoms with Gasteiger partial charge in [-0.25, -0.2) is 4.68 Å². The van der Waals surface area contributed by atoms with Crippen LogP contribution >= 0.6 is 0 Å². The van der Waals surface area contributed by atoms with Gasteiger partial charge in [-0.2, -0.15) is 0 Å². The molecule has 1 aliphatic rings. The van der Waals surface area contributed by atoms with Crippen LogP contribution in [0.4, 0.5) is 0 Å². The van der Waals surface area contributed by atoms with Crippen molar-refractivity contribution in [2.75, 3.05) is 33.4 Å². The number of nitrogens with zero attached hydrogens (tertiary/aromatic N) is 6. The minimum atomic E-state index is -0.125. The lowest BCUT2D eigenvalue weighted by Crippen LogP contribution is -2.39. The van der Waals surface area contributed by atoms with E-state index in [4.69, 9.17) is 9.47 Å². The third kappa shape index (κ3) is 4.14. The summed E-state index contributed by atoms with van der Waals surface area (Å²) >= 11 is 0. The van der Waals surface area contributed by atoms with Gasteiger partial charge in [0.15, 0.2) is 5.82 Å². The highest BCUT2D eigenvalue weighted by Gasteiger charge is 2.27. The van der Waals surface area contributed by atoms with E-state index in [0.29, 0.717) is 19.8 Å². The fourth-order valence-electron chi connectivity index (χ4n) is 2.77. The second-order valence-electron chi connectivity index (χ2n) is 5.86. The Morgan fingerprint density at radius 3 is 3.04 bits per heavy atom. The van der Waals surface area contributed by atoms with Crippen LogP contribution in [-0.2, 0) is 29.0 Å². The van der Waals surface area contributed by atoms with Gasteiger partial charge in [-0.3, -0.25) is 9.88 Å².